The lowest BCUT2D eigenvalue weighted by Gasteiger charge is -2.42. The molecule has 2 N–H and O–H groups in total. The molecule has 0 amide bonds. The molecule has 0 saturated heterocycles. The van der Waals surface area contributed by atoms with E-state index in [1.54, 1.807) is 0 Å². The summed E-state index contributed by atoms with van der Waals surface area (Å²) in [6.45, 7) is 6.06. The molecule has 0 aromatic carbocycles. The minimum absolute atomic E-state index is 0.478. The summed E-state index contributed by atoms with van der Waals surface area (Å²) in [5.41, 5.74) is 6.04. The summed E-state index contributed by atoms with van der Waals surface area (Å²) in [5, 5.41) is 0. The highest BCUT2D eigenvalue weighted by Crippen LogP contribution is 2.33. The predicted octanol–water partition coefficient (Wildman–Crippen LogP) is 3.55. The van der Waals surface area contributed by atoms with E-state index in [9.17, 15) is 0 Å². The van der Waals surface area contributed by atoms with Gasteiger partial charge in [-0.1, -0.05) is 26.2 Å². The van der Waals surface area contributed by atoms with Crippen LogP contribution in [0.15, 0.2) is 0 Å². The summed E-state index contributed by atoms with van der Waals surface area (Å²) >= 11 is 0. The summed E-state index contributed by atoms with van der Waals surface area (Å²) in [6, 6.07) is 2.08. The zero-order chi connectivity index (χ0) is 13.0. The van der Waals surface area contributed by atoms with Crippen LogP contribution in [0.3, 0.4) is 0 Å². The van der Waals surface area contributed by atoms with Gasteiger partial charge in [-0.15, -0.1) is 0 Å². The molecule has 2 aliphatic carbocycles. The quantitative estimate of drug-likeness (QED) is 0.783. The lowest BCUT2D eigenvalue weighted by atomic mass is 9.80. The van der Waals surface area contributed by atoms with Crippen LogP contribution in [0, 0.1) is 5.92 Å². The fourth-order valence-electron chi connectivity index (χ4n) is 3.80. The number of hydrogen-bond acceptors (Lipinski definition) is 2. The lowest BCUT2D eigenvalue weighted by Crippen LogP contribution is -2.46. The molecule has 1 unspecified atom stereocenters. The van der Waals surface area contributed by atoms with E-state index in [0.717, 1.165) is 18.0 Å². The van der Waals surface area contributed by atoms with Crippen molar-refractivity contribution in [3.63, 3.8) is 0 Å². The van der Waals surface area contributed by atoms with Crippen LogP contribution in [-0.4, -0.2) is 29.6 Å². The molecule has 2 saturated carbocycles. The molecule has 0 heterocycles. The molecule has 2 heteroatoms. The van der Waals surface area contributed by atoms with E-state index in [4.69, 9.17) is 5.73 Å². The van der Waals surface area contributed by atoms with E-state index < -0.39 is 0 Å². The molecule has 1 atom stereocenters. The molecule has 0 spiro atoms. The molecule has 0 radical (unpaired) electrons. The van der Waals surface area contributed by atoms with Crippen LogP contribution in [0.5, 0.6) is 0 Å². The Morgan fingerprint density at radius 3 is 2.28 bits per heavy atom. The highest BCUT2D eigenvalue weighted by Gasteiger charge is 2.29. The van der Waals surface area contributed by atoms with Gasteiger partial charge in [0, 0.05) is 18.1 Å². The molecule has 2 fully saturated rings. The number of hydrogen-bond donors (Lipinski definition) is 1. The summed E-state index contributed by atoms with van der Waals surface area (Å²) in [6.07, 6.45) is 12.3. The number of rotatable bonds is 6. The Balaban J connectivity index is 1.84. The fourth-order valence-corrected chi connectivity index (χ4v) is 3.80. The Kier molecular flexibility index (Phi) is 5.50. The maximum atomic E-state index is 6.04. The van der Waals surface area contributed by atoms with Crippen LogP contribution in [0.4, 0.5) is 0 Å². The van der Waals surface area contributed by atoms with Crippen molar-refractivity contribution in [1.29, 1.82) is 0 Å². The molecule has 0 aromatic rings. The average molecular weight is 252 g/mol. The van der Waals surface area contributed by atoms with Gasteiger partial charge >= 0.3 is 0 Å². The Labute approximate surface area is 113 Å². The number of nitrogens with zero attached hydrogens (tertiary/aromatic N) is 1. The molecule has 2 aliphatic rings. The SMILES string of the molecule is CCCN(C(C)CC1CCC1)C1CCC(N)CC1. The standard InChI is InChI=1S/C16H32N2/c1-3-11-18(13(2)12-14-5-4-6-14)16-9-7-15(17)8-10-16/h13-16H,3-12,17H2,1-2H3. The molecular weight excluding hydrogens is 220 g/mol. The molecule has 0 bridgehead atoms. The van der Waals surface area contributed by atoms with Crippen LogP contribution < -0.4 is 5.73 Å². The highest BCUT2D eigenvalue weighted by molar-refractivity contribution is 4.85. The largest absolute Gasteiger partial charge is 0.328 e. The third-order valence-corrected chi connectivity index (χ3v) is 5.16. The predicted molar refractivity (Wildman–Crippen MR) is 78.6 cm³/mol. The van der Waals surface area contributed by atoms with Crippen molar-refractivity contribution in [3.8, 4) is 0 Å². The summed E-state index contributed by atoms with van der Waals surface area (Å²) in [7, 11) is 0. The maximum absolute atomic E-state index is 6.04. The van der Waals surface area contributed by atoms with Gasteiger partial charge in [-0.2, -0.15) is 0 Å². The molecule has 0 aliphatic heterocycles. The van der Waals surface area contributed by atoms with E-state index in [1.807, 2.05) is 0 Å². The summed E-state index contributed by atoms with van der Waals surface area (Å²) < 4.78 is 0. The second-order valence-electron chi connectivity index (χ2n) is 6.69. The minimum atomic E-state index is 0.478. The lowest BCUT2D eigenvalue weighted by molar-refractivity contribution is 0.0832. The molecule has 106 valence electrons. The Hall–Kier alpha value is -0.0800. The molecule has 0 aromatic heterocycles. The Bertz CT molecular complexity index is 229. The molecule has 2 rings (SSSR count). The topological polar surface area (TPSA) is 29.3 Å². The second-order valence-corrected chi connectivity index (χ2v) is 6.69. The van der Waals surface area contributed by atoms with E-state index in [0.29, 0.717) is 6.04 Å². The third kappa shape index (κ3) is 3.71. The van der Waals surface area contributed by atoms with Gasteiger partial charge in [0.2, 0.25) is 0 Å². The minimum Gasteiger partial charge on any atom is -0.328 e. The van der Waals surface area contributed by atoms with Gasteiger partial charge < -0.3 is 5.73 Å². The molecule has 18 heavy (non-hydrogen) atoms. The van der Waals surface area contributed by atoms with Crippen LogP contribution in [0.25, 0.3) is 0 Å². The van der Waals surface area contributed by atoms with Crippen molar-refractivity contribution in [3.05, 3.63) is 0 Å². The first-order valence-electron chi connectivity index (χ1n) is 8.22. The Morgan fingerprint density at radius 1 is 1.11 bits per heavy atom. The van der Waals surface area contributed by atoms with Gasteiger partial charge in [-0.25, -0.2) is 0 Å². The maximum Gasteiger partial charge on any atom is 0.00992 e. The first-order chi connectivity index (χ1) is 8.70. The van der Waals surface area contributed by atoms with Gasteiger partial charge in [-0.3, -0.25) is 4.90 Å². The molecule has 2 nitrogen and oxygen atoms in total. The van der Waals surface area contributed by atoms with Crippen molar-refractivity contribution in [2.75, 3.05) is 6.54 Å². The van der Waals surface area contributed by atoms with Crippen molar-refractivity contribution in [1.82, 2.24) is 4.90 Å². The fraction of sp³-hybridized carbons (Fsp3) is 1.00. The van der Waals surface area contributed by atoms with Gasteiger partial charge in [0.25, 0.3) is 0 Å². The van der Waals surface area contributed by atoms with Gasteiger partial charge in [0.15, 0.2) is 0 Å². The van der Waals surface area contributed by atoms with Crippen molar-refractivity contribution >= 4 is 0 Å². The molecular formula is C16H32N2. The van der Waals surface area contributed by atoms with Crippen LogP contribution >= 0.6 is 0 Å². The highest BCUT2D eigenvalue weighted by atomic mass is 15.2. The first-order valence-corrected chi connectivity index (χ1v) is 8.22. The van der Waals surface area contributed by atoms with Crippen molar-refractivity contribution < 1.29 is 0 Å². The first kappa shape index (κ1) is 14.3. The summed E-state index contributed by atoms with van der Waals surface area (Å²) in [4.78, 5) is 2.81. The van der Waals surface area contributed by atoms with Crippen molar-refractivity contribution in [2.24, 2.45) is 11.7 Å². The monoisotopic (exact) mass is 252 g/mol. The van der Waals surface area contributed by atoms with Crippen LogP contribution in [-0.2, 0) is 0 Å². The third-order valence-electron chi connectivity index (χ3n) is 5.16. The zero-order valence-electron chi connectivity index (χ0n) is 12.4. The van der Waals surface area contributed by atoms with Gasteiger partial charge in [0.1, 0.15) is 0 Å². The van der Waals surface area contributed by atoms with E-state index in [2.05, 4.69) is 18.7 Å². The van der Waals surface area contributed by atoms with Crippen LogP contribution in [0.2, 0.25) is 0 Å². The summed E-state index contributed by atoms with van der Waals surface area (Å²) in [5.74, 6) is 1.03. The second kappa shape index (κ2) is 6.91. The number of nitrogens with two attached hydrogens (primary N) is 1. The van der Waals surface area contributed by atoms with E-state index >= 15 is 0 Å². The normalized spacial score (nSPS) is 31.3. The zero-order valence-corrected chi connectivity index (χ0v) is 12.4. The van der Waals surface area contributed by atoms with Gasteiger partial charge in [0.05, 0.1) is 0 Å². The van der Waals surface area contributed by atoms with Gasteiger partial charge in [-0.05, 0) is 57.9 Å². The smallest absolute Gasteiger partial charge is 0.00992 e. The average Bonchev–Trinajstić information content (AvgIpc) is 2.32. The van der Waals surface area contributed by atoms with E-state index in [-0.39, 0.29) is 0 Å². The van der Waals surface area contributed by atoms with Crippen molar-refractivity contribution in [2.45, 2.75) is 89.8 Å². The van der Waals surface area contributed by atoms with Crippen LogP contribution in [0.1, 0.15) is 71.6 Å². The van der Waals surface area contributed by atoms with E-state index in [1.165, 1.54) is 64.3 Å². The Morgan fingerprint density at radius 2 is 1.78 bits per heavy atom.